The zero-order valence-corrected chi connectivity index (χ0v) is 10.8. The fourth-order valence-electron chi connectivity index (χ4n) is 1.47. The molecule has 0 heterocycles. The summed E-state index contributed by atoms with van der Waals surface area (Å²) >= 11 is 3.32. The third-order valence-corrected chi connectivity index (χ3v) is 2.93. The van der Waals surface area contributed by atoms with Crippen LogP contribution in [0.5, 0.6) is 11.5 Å². The molecule has 0 N–H and O–H groups in total. The zero-order valence-electron chi connectivity index (χ0n) is 9.22. The Kier molecular flexibility index (Phi) is 3.62. The van der Waals surface area contributed by atoms with Gasteiger partial charge in [0, 0.05) is 0 Å². The number of rotatable bonds is 2. The van der Waals surface area contributed by atoms with Gasteiger partial charge in [-0.25, -0.2) is 0 Å². The average molecular weight is 299 g/mol. The number of nitrogens with zero attached hydrogens (tertiary/aromatic N) is 2. The number of halogens is 1. The van der Waals surface area contributed by atoms with Gasteiger partial charge in [0.05, 0.1) is 10.0 Å². The summed E-state index contributed by atoms with van der Waals surface area (Å²) in [7, 11) is 0. The molecule has 4 heteroatoms. The van der Waals surface area contributed by atoms with E-state index in [9.17, 15) is 0 Å². The van der Waals surface area contributed by atoms with Gasteiger partial charge in [-0.1, -0.05) is 18.2 Å². The maximum atomic E-state index is 9.13. The van der Waals surface area contributed by atoms with Crippen LogP contribution in [0.2, 0.25) is 0 Å². The lowest BCUT2D eigenvalue weighted by molar-refractivity contribution is 0.478. The Balaban J connectivity index is 2.51. The van der Waals surface area contributed by atoms with Crippen LogP contribution in [0.15, 0.2) is 46.9 Å². The fourth-order valence-corrected chi connectivity index (χ4v) is 1.88. The van der Waals surface area contributed by atoms with Gasteiger partial charge in [0.15, 0.2) is 5.75 Å². The summed E-state index contributed by atoms with van der Waals surface area (Å²) in [6.45, 7) is 0. The second-order valence-electron chi connectivity index (χ2n) is 3.44. The van der Waals surface area contributed by atoms with Gasteiger partial charge in [-0.2, -0.15) is 10.5 Å². The van der Waals surface area contributed by atoms with Gasteiger partial charge in [0.1, 0.15) is 23.5 Å². The Morgan fingerprint density at radius 1 is 0.944 bits per heavy atom. The molecule has 3 nitrogen and oxygen atoms in total. The fraction of sp³-hybridized carbons (Fsp3) is 0. The highest BCUT2D eigenvalue weighted by Crippen LogP contribution is 2.34. The molecular formula is C14H7BrN2O. The van der Waals surface area contributed by atoms with Crippen molar-refractivity contribution in [3.05, 3.63) is 58.1 Å². The molecule has 2 aromatic rings. The van der Waals surface area contributed by atoms with Crippen molar-refractivity contribution < 1.29 is 4.74 Å². The molecule has 0 aliphatic heterocycles. The second kappa shape index (κ2) is 5.35. The SMILES string of the molecule is N#Cc1ccc(Br)c(Oc2ccccc2)c1C#N. The molecule has 0 unspecified atom stereocenters. The molecule has 0 amide bonds. The van der Waals surface area contributed by atoms with Gasteiger partial charge in [-0.15, -0.1) is 0 Å². The van der Waals surface area contributed by atoms with Crippen molar-refractivity contribution in [3.8, 4) is 23.6 Å². The van der Waals surface area contributed by atoms with Crippen molar-refractivity contribution in [3.63, 3.8) is 0 Å². The highest BCUT2D eigenvalue weighted by atomic mass is 79.9. The Morgan fingerprint density at radius 3 is 2.28 bits per heavy atom. The minimum Gasteiger partial charge on any atom is -0.455 e. The third-order valence-electron chi connectivity index (χ3n) is 2.31. The monoisotopic (exact) mass is 298 g/mol. The van der Waals surface area contributed by atoms with Crippen LogP contribution in [-0.2, 0) is 0 Å². The van der Waals surface area contributed by atoms with E-state index >= 15 is 0 Å². The lowest BCUT2D eigenvalue weighted by Gasteiger charge is -2.10. The predicted molar refractivity (Wildman–Crippen MR) is 70.1 cm³/mol. The first-order valence-corrected chi connectivity index (χ1v) is 5.91. The summed E-state index contributed by atoms with van der Waals surface area (Å²) in [6, 6.07) is 16.4. The van der Waals surface area contributed by atoms with E-state index in [1.807, 2.05) is 30.3 Å². The van der Waals surface area contributed by atoms with E-state index in [1.54, 1.807) is 24.3 Å². The van der Waals surface area contributed by atoms with Crippen molar-refractivity contribution in [1.82, 2.24) is 0 Å². The molecule has 2 aromatic carbocycles. The highest BCUT2D eigenvalue weighted by Gasteiger charge is 2.14. The van der Waals surface area contributed by atoms with Crippen LogP contribution < -0.4 is 4.74 Å². The number of hydrogen-bond donors (Lipinski definition) is 0. The van der Waals surface area contributed by atoms with Crippen molar-refractivity contribution in [1.29, 1.82) is 10.5 Å². The van der Waals surface area contributed by atoms with Crippen LogP contribution in [0.25, 0.3) is 0 Å². The molecule has 0 saturated carbocycles. The van der Waals surface area contributed by atoms with Crippen LogP contribution in [0, 0.1) is 22.7 Å². The molecule has 0 atom stereocenters. The summed E-state index contributed by atoms with van der Waals surface area (Å²) < 4.78 is 6.29. The smallest absolute Gasteiger partial charge is 0.160 e. The van der Waals surface area contributed by atoms with Gasteiger partial charge < -0.3 is 4.74 Å². The largest absolute Gasteiger partial charge is 0.455 e. The van der Waals surface area contributed by atoms with E-state index in [1.165, 1.54) is 0 Å². The van der Waals surface area contributed by atoms with Gasteiger partial charge in [-0.3, -0.25) is 0 Å². The molecule has 86 valence electrons. The van der Waals surface area contributed by atoms with Crippen LogP contribution in [0.4, 0.5) is 0 Å². The van der Waals surface area contributed by atoms with E-state index in [-0.39, 0.29) is 5.56 Å². The number of hydrogen-bond acceptors (Lipinski definition) is 3. The average Bonchev–Trinajstić information content (AvgIpc) is 2.42. The summed E-state index contributed by atoms with van der Waals surface area (Å²) in [4.78, 5) is 0. The first-order chi connectivity index (χ1) is 8.76. The quantitative estimate of drug-likeness (QED) is 0.842. The third kappa shape index (κ3) is 2.34. The lowest BCUT2D eigenvalue weighted by atomic mass is 10.1. The number of nitriles is 2. The standard InChI is InChI=1S/C14H7BrN2O/c15-13-7-6-10(8-16)12(9-17)14(13)18-11-4-2-1-3-5-11/h1-7H. The minimum absolute atomic E-state index is 0.232. The van der Waals surface area contributed by atoms with E-state index in [0.29, 0.717) is 21.5 Å². The molecule has 0 fully saturated rings. The molecule has 0 spiro atoms. The van der Waals surface area contributed by atoms with Crippen molar-refractivity contribution in [2.75, 3.05) is 0 Å². The topological polar surface area (TPSA) is 56.8 Å². The van der Waals surface area contributed by atoms with E-state index in [4.69, 9.17) is 15.3 Å². The Morgan fingerprint density at radius 2 is 1.67 bits per heavy atom. The van der Waals surface area contributed by atoms with Gasteiger partial charge >= 0.3 is 0 Å². The van der Waals surface area contributed by atoms with E-state index < -0.39 is 0 Å². The van der Waals surface area contributed by atoms with Crippen molar-refractivity contribution in [2.24, 2.45) is 0 Å². The molecule has 2 rings (SSSR count). The Hall–Kier alpha value is -2.30. The molecule has 0 aromatic heterocycles. The summed E-state index contributed by atoms with van der Waals surface area (Å²) in [5.41, 5.74) is 0.530. The maximum absolute atomic E-state index is 9.13. The normalized spacial score (nSPS) is 9.28. The first kappa shape index (κ1) is 12.2. The number of benzene rings is 2. The molecule has 0 radical (unpaired) electrons. The van der Waals surface area contributed by atoms with Crippen LogP contribution in [0.3, 0.4) is 0 Å². The van der Waals surface area contributed by atoms with Crippen LogP contribution in [0.1, 0.15) is 11.1 Å². The Labute approximate surface area is 113 Å². The molecule has 0 saturated heterocycles. The molecule has 0 bridgehead atoms. The lowest BCUT2D eigenvalue weighted by Crippen LogP contribution is -1.93. The molecule has 0 aliphatic carbocycles. The zero-order chi connectivity index (χ0) is 13.0. The number of ether oxygens (including phenoxy) is 1. The van der Waals surface area contributed by atoms with Crippen LogP contribution >= 0.6 is 15.9 Å². The predicted octanol–water partition coefficient (Wildman–Crippen LogP) is 3.98. The van der Waals surface area contributed by atoms with Crippen molar-refractivity contribution in [2.45, 2.75) is 0 Å². The van der Waals surface area contributed by atoms with Crippen LogP contribution in [-0.4, -0.2) is 0 Å². The Bertz CT molecular complexity index is 654. The van der Waals surface area contributed by atoms with E-state index in [2.05, 4.69) is 15.9 Å². The first-order valence-electron chi connectivity index (χ1n) is 5.12. The van der Waals surface area contributed by atoms with Gasteiger partial charge in [0.25, 0.3) is 0 Å². The van der Waals surface area contributed by atoms with E-state index in [0.717, 1.165) is 0 Å². The molecule has 18 heavy (non-hydrogen) atoms. The second-order valence-corrected chi connectivity index (χ2v) is 4.29. The molecular weight excluding hydrogens is 292 g/mol. The maximum Gasteiger partial charge on any atom is 0.160 e. The summed E-state index contributed by atoms with van der Waals surface area (Å²) in [6.07, 6.45) is 0. The van der Waals surface area contributed by atoms with Gasteiger partial charge in [0.2, 0.25) is 0 Å². The highest BCUT2D eigenvalue weighted by molar-refractivity contribution is 9.10. The van der Waals surface area contributed by atoms with Crippen molar-refractivity contribution >= 4 is 15.9 Å². The molecule has 0 aliphatic rings. The minimum atomic E-state index is 0.232. The number of para-hydroxylation sites is 1. The van der Waals surface area contributed by atoms with Gasteiger partial charge in [-0.05, 0) is 40.2 Å². The summed E-state index contributed by atoms with van der Waals surface area (Å²) in [5.74, 6) is 0.979. The summed E-state index contributed by atoms with van der Waals surface area (Å²) in [5, 5.41) is 18.1.